The minimum atomic E-state index is -4.22. The van der Waals surface area contributed by atoms with E-state index in [0.717, 1.165) is 0 Å². The maximum Gasteiger partial charge on any atom is 0.326 e. The molecule has 0 saturated carbocycles. The molecule has 0 radical (unpaired) electrons. The van der Waals surface area contributed by atoms with Gasteiger partial charge in [0, 0.05) is 0 Å². The molecule has 1 N–H and O–H groups in total. The van der Waals surface area contributed by atoms with Crippen LogP contribution in [0.15, 0.2) is 12.1 Å². The van der Waals surface area contributed by atoms with Crippen LogP contribution in [0.25, 0.3) is 0 Å². The van der Waals surface area contributed by atoms with Crippen LogP contribution in [0.1, 0.15) is 29.7 Å². The smallest absolute Gasteiger partial charge is 0.305 e. The predicted octanol–water partition coefficient (Wildman–Crippen LogP) is 3.99. The van der Waals surface area contributed by atoms with Crippen LogP contribution >= 0.6 is 0 Å². The SMILES string of the molecule is CCNC(c1cc(C)c(F)c(C)c1)C(F)(F)C(F)F. The summed E-state index contributed by atoms with van der Waals surface area (Å²) in [4.78, 5) is 0. The Kier molecular flexibility index (Phi) is 4.90. The Balaban J connectivity index is 3.27. The van der Waals surface area contributed by atoms with E-state index in [0.29, 0.717) is 0 Å². The van der Waals surface area contributed by atoms with Crippen molar-refractivity contribution in [3.05, 3.63) is 34.6 Å². The second kappa shape index (κ2) is 5.86. The zero-order valence-corrected chi connectivity index (χ0v) is 10.9. The first-order valence-electron chi connectivity index (χ1n) is 5.87. The first-order chi connectivity index (χ1) is 8.71. The van der Waals surface area contributed by atoms with E-state index in [1.807, 2.05) is 0 Å². The maximum absolute atomic E-state index is 13.5. The summed E-state index contributed by atoms with van der Waals surface area (Å²) in [6.07, 6.45) is -3.79. The van der Waals surface area contributed by atoms with Crippen LogP contribution in [-0.2, 0) is 0 Å². The Morgan fingerprint density at radius 1 is 1.16 bits per heavy atom. The Morgan fingerprint density at radius 2 is 1.63 bits per heavy atom. The van der Waals surface area contributed by atoms with Gasteiger partial charge in [0.2, 0.25) is 0 Å². The van der Waals surface area contributed by atoms with Crippen LogP contribution < -0.4 is 5.32 Å². The van der Waals surface area contributed by atoms with Crippen molar-refractivity contribution < 1.29 is 22.0 Å². The lowest BCUT2D eigenvalue weighted by Crippen LogP contribution is -2.42. The van der Waals surface area contributed by atoms with Gasteiger partial charge in [0.15, 0.2) is 0 Å². The molecule has 0 amide bonds. The molecule has 108 valence electrons. The normalized spacial score (nSPS) is 13.9. The average Bonchev–Trinajstić information content (AvgIpc) is 2.32. The van der Waals surface area contributed by atoms with Gasteiger partial charge in [-0.2, -0.15) is 8.78 Å². The molecule has 0 aromatic heterocycles. The molecule has 1 nitrogen and oxygen atoms in total. The molecular formula is C13H16F5N. The van der Waals surface area contributed by atoms with Gasteiger partial charge in [-0.05, 0) is 37.1 Å². The number of nitrogens with one attached hydrogen (secondary N) is 1. The third-order valence-corrected chi connectivity index (χ3v) is 2.88. The fraction of sp³-hybridized carbons (Fsp3) is 0.538. The summed E-state index contributed by atoms with van der Waals surface area (Å²) >= 11 is 0. The quantitative estimate of drug-likeness (QED) is 0.805. The molecule has 1 aromatic carbocycles. The minimum absolute atomic E-state index is 0.0384. The molecule has 0 fully saturated rings. The number of alkyl halides is 4. The van der Waals surface area contributed by atoms with Gasteiger partial charge in [0.25, 0.3) is 0 Å². The highest BCUT2D eigenvalue weighted by molar-refractivity contribution is 5.33. The third-order valence-electron chi connectivity index (χ3n) is 2.88. The van der Waals surface area contributed by atoms with Gasteiger partial charge in [-0.3, -0.25) is 0 Å². The second-order valence-corrected chi connectivity index (χ2v) is 4.43. The Morgan fingerprint density at radius 3 is 2.00 bits per heavy atom. The molecular weight excluding hydrogens is 265 g/mol. The van der Waals surface area contributed by atoms with Crippen LogP contribution in [0.4, 0.5) is 22.0 Å². The van der Waals surface area contributed by atoms with Gasteiger partial charge in [0.05, 0.1) is 0 Å². The van der Waals surface area contributed by atoms with Crippen molar-refractivity contribution in [3.8, 4) is 0 Å². The number of hydrogen-bond donors (Lipinski definition) is 1. The molecule has 0 aliphatic carbocycles. The van der Waals surface area contributed by atoms with Crippen molar-refractivity contribution in [1.82, 2.24) is 5.32 Å². The molecule has 0 aliphatic rings. The van der Waals surface area contributed by atoms with Crippen molar-refractivity contribution in [2.24, 2.45) is 0 Å². The van der Waals surface area contributed by atoms with Crippen LogP contribution in [0.3, 0.4) is 0 Å². The lowest BCUT2D eigenvalue weighted by Gasteiger charge is -2.28. The number of aryl methyl sites for hydroxylation is 2. The van der Waals surface area contributed by atoms with Crippen molar-refractivity contribution in [2.75, 3.05) is 6.54 Å². The Bertz CT molecular complexity index is 422. The summed E-state index contributed by atoms with van der Waals surface area (Å²) in [7, 11) is 0. The average molecular weight is 281 g/mol. The van der Waals surface area contributed by atoms with E-state index in [4.69, 9.17) is 0 Å². The van der Waals surface area contributed by atoms with E-state index in [9.17, 15) is 22.0 Å². The van der Waals surface area contributed by atoms with Crippen LogP contribution in [0, 0.1) is 19.7 Å². The lowest BCUT2D eigenvalue weighted by molar-refractivity contribution is -0.151. The molecule has 19 heavy (non-hydrogen) atoms. The molecule has 0 heterocycles. The Labute approximate surface area is 108 Å². The lowest BCUT2D eigenvalue weighted by atomic mass is 9.96. The Hall–Kier alpha value is -1.17. The number of benzene rings is 1. The molecule has 6 heteroatoms. The van der Waals surface area contributed by atoms with E-state index < -0.39 is 24.2 Å². The molecule has 0 bridgehead atoms. The molecule has 0 spiro atoms. The van der Waals surface area contributed by atoms with Crippen molar-refractivity contribution in [1.29, 1.82) is 0 Å². The van der Waals surface area contributed by atoms with Crippen LogP contribution in [-0.4, -0.2) is 18.9 Å². The first-order valence-corrected chi connectivity index (χ1v) is 5.87. The largest absolute Gasteiger partial charge is 0.326 e. The van der Waals surface area contributed by atoms with Gasteiger partial charge in [-0.1, -0.05) is 19.1 Å². The van der Waals surface area contributed by atoms with E-state index in [2.05, 4.69) is 5.32 Å². The summed E-state index contributed by atoms with van der Waals surface area (Å²) in [6, 6.07) is 0.508. The van der Waals surface area contributed by atoms with E-state index in [1.54, 1.807) is 0 Å². The summed E-state index contributed by atoms with van der Waals surface area (Å²) in [6.45, 7) is 4.46. The fourth-order valence-corrected chi connectivity index (χ4v) is 1.95. The van der Waals surface area contributed by atoms with Crippen LogP contribution in [0.5, 0.6) is 0 Å². The third kappa shape index (κ3) is 3.23. The predicted molar refractivity (Wildman–Crippen MR) is 63.2 cm³/mol. The van der Waals surface area contributed by atoms with Gasteiger partial charge in [0.1, 0.15) is 11.9 Å². The van der Waals surface area contributed by atoms with E-state index in [-0.39, 0.29) is 23.2 Å². The maximum atomic E-state index is 13.5. The molecule has 1 unspecified atom stereocenters. The second-order valence-electron chi connectivity index (χ2n) is 4.43. The van der Waals surface area contributed by atoms with Crippen molar-refractivity contribution in [3.63, 3.8) is 0 Å². The van der Waals surface area contributed by atoms with Crippen molar-refractivity contribution >= 4 is 0 Å². The van der Waals surface area contributed by atoms with Gasteiger partial charge >= 0.3 is 12.3 Å². The van der Waals surface area contributed by atoms with E-state index >= 15 is 0 Å². The highest BCUT2D eigenvalue weighted by Crippen LogP contribution is 2.37. The standard InChI is InChI=1S/C13H16F5N/c1-4-19-11(13(17,18)12(15)16)9-5-7(2)10(14)8(3)6-9/h5-6,11-12,19H,4H2,1-3H3. The van der Waals surface area contributed by atoms with Gasteiger partial charge < -0.3 is 5.32 Å². The minimum Gasteiger partial charge on any atom is -0.305 e. The zero-order valence-electron chi connectivity index (χ0n) is 10.9. The van der Waals surface area contributed by atoms with Gasteiger partial charge in [-0.25, -0.2) is 13.2 Å². The molecule has 1 aromatic rings. The van der Waals surface area contributed by atoms with Crippen LogP contribution in [0.2, 0.25) is 0 Å². The van der Waals surface area contributed by atoms with E-state index in [1.165, 1.54) is 32.9 Å². The number of halogens is 5. The highest BCUT2D eigenvalue weighted by atomic mass is 19.3. The summed E-state index contributed by atoms with van der Waals surface area (Å²) in [5.41, 5.74) is 0.273. The topological polar surface area (TPSA) is 12.0 Å². The highest BCUT2D eigenvalue weighted by Gasteiger charge is 2.49. The van der Waals surface area contributed by atoms with Crippen molar-refractivity contribution in [2.45, 2.75) is 39.2 Å². The summed E-state index contributed by atoms with van der Waals surface area (Å²) in [5, 5.41) is 2.34. The summed E-state index contributed by atoms with van der Waals surface area (Å²) < 4.78 is 65.5. The molecule has 0 saturated heterocycles. The zero-order chi connectivity index (χ0) is 14.8. The fourth-order valence-electron chi connectivity index (χ4n) is 1.95. The summed E-state index contributed by atoms with van der Waals surface area (Å²) in [5.74, 6) is -4.73. The van der Waals surface area contributed by atoms with Gasteiger partial charge in [-0.15, -0.1) is 0 Å². The number of rotatable bonds is 5. The monoisotopic (exact) mass is 281 g/mol. The number of hydrogen-bond acceptors (Lipinski definition) is 1. The molecule has 1 rings (SSSR count). The first kappa shape index (κ1) is 15.9. The molecule has 1 atom stereocenters. The molecule has 0 aliphatic heterocycles.